The fourth-order valence-electron chi connectivity index (χ4n) is 1.41. The minimum Gasteiger partial charge on any atom is -0.494 e. The van der Waals surface area contributed by atoms with Crippen molar-refractivity contribution in [3.05, 3.63) is 29.8 Å². The van der Waals surface area contributed by atoms with Crippen LogP contribution in [0.5, 0.6) is 5.75 Å². The highest BCUT2D eigenvalue weighted by Crippen LogP contribution is 2.21. The molecule has 0 bridgehead atoms. The van der Waals surface area contributed by atoms with Crippen LogP contribution in [0.4, 0.5) is 0 Å². The molecule has 1 atom stereocenters. The van der Waals surface area contributed by atoms with Crippen molar-refractivity contribution in [2.24, 2.45) is 5.73 Å². The average Bonchev–Trinajstić information content (AvgIpc) is 2.29. The lowest BCUT2D eigenvalue weighted by atomic mass is 10.2. The van der Waals surface area contributed by atoms with Crippen LogP contribution in [0, 0.1) is 0 Å². The third-order valence-corrected chi connectivity index (χ3v) is 3.65. The van der Waals surface area contributed by atoms with Crippen molar-refractivity contribution in [3.63, 3.8) is 0 Å². The summed E-state index contributed by atoms with van der Waals surface area (Å²) < 4.78 is 5.40. The molecule has 0 amide bonds. The first-order chi connectivity index (χ1) is 7.76. The van der Waals surface area contributed by atoms with Gasteiger partial charge in [-0.3, -0.25) is 0 Å². The molecule has 0 aromatic heterocycles. The van der Waals surface area contributed by atoms with Crippen LogP contribution < -0.4 is 10.5 Å². The lowest BCUT2D eigenvalue weighted by Crippen LogP contribution is -2.07. The summed E-state index contributed by atoms with van der Waals surface area (Å²) in [6.07, 6.45) is 1.09. The molecule has 1 aromatic carbocycles. The largest absolute Gasteiger partial charge is 0.494 e. The molecule has 0 radical (unpaired) electrons. The number of hydrogen-bond acceptors (Lipinski definition) is 3. The fourth-order valence-corrected chi connectivity index (χ4v) is 2.38. The summed E-state index contributed by atoms with van der Waals surface area (Å²) in [7, 11) is 0. The van der Waals surface area contributed by atoms with E-state index in [9.17, 15) is 0 Å². The summed E-state index contributed by atoms with van der Waals surface area (Å²) in [5, 5.41) is 0.636. The highest BCUT2D eigenvalue weighted by Gasteiger charge is 2.02. The monoisotopic (exact) mass is 239 g/mol. The summed E-state index contributed by atoms with van der Waals surface area (Å²) in [5.74, 6) is 2.00. The Morgan fingerprint density at radius 2 is 2.00 bits per heavy atom. The van der Waals surface area contributed by atoms with Crippen molar-refractivity contribution in [2.45, 2.75) is 31.3 Å². The second kappa shape index (κ2) is 7.58. The maximum Gasteiger partial charge on any atom is 0.119 e. The van der Waals surface area contributed by atoms with E-state index in [0.29, 0.717) is 5.25 Å². The smallest absolute Gasteiger partial charge is 0.119 e. The Labute approximate surface area is 103 Å². The molecular formula is C13H21NOS. The van der Waals surface area contributed by atoms with Crippen LogP contribution in [-0.4, -0.2) is 18.4 Å². The van der Waals surface area contributed by atoms with E-state index in [2.05, 4.69) is 19.1 Å². The van der Waals surface area contributed by atoms with Crippen LogP contribution in [0.25, 0.3) is 0 Å². The van der Waals surface area contributed by atoms with E-state index < -0.39 is 0 Å². The van der Waals surface area contributed by atoms with Gasteiger partial charge in [-0.15, -0.1) is 0 Å². The van der Waals surface area contributed by atoms with Crippen LogP contribution in [0.1, 0.15) is 25.8 Å². The van der Waals surface area contributed by atoms with E-state index in [-0.39, 0.29) is 0 Å². The highest BCUT2D eigenvalue weighted by molar-refractivity contribution is 7.99. The van der Waals surface area contributed by atoms with E-state index in [1.165, 1.54) is 5.56 Å². The van der Waals surface area contributed by atoms with Gasteiger partial charge in [0.15, 0.2) is 0 Å². The van der Waals surface area contributed by atoms with Crippen molar-refractivity contribution in [3.8, 4) is 5.75 Å². The molecule has 0 aliphatic rings. The number of thioether (sulfide) groups is 1. The molecule has 3 heteroatoms. The standard InChI is InChI=1S/C13H21NOS/c1-3-15-13-6-4-12(5-7-13)10-16-11(2)8-9-14/h4-7,11H,3,8-10,14H2,1-2H3. The van der Waals surface area contributed by atoms with Gasteiger partial charge >= 0.3 is 0 Å². The Morgan fingerprint density at radius 3 is 2.56 bits per heavy atom. The molecule has 1 unspecified atom stereocenters. The lowest BCUT2D eigenvalue weighted by Gasteiger charge is -2.10. The van der Waals surface area contributed by atoms with Gasteiger partial charge in [0.1, 0.15) is 5.75 Å². The molecule has 0 saturated carbocycles. The minimum absolute atomic E-state index is 0.636. The van der Waals surface area contributed by atoms with Gasteiger partial charge in [-0.25, -0.2) is 0 Å². The Morgan fingerprint density at radius 1 is 1.31 bits per heavy atom. The zero-order valence-corrected chi connectivity index (χ0v) is 10.9. The summed E-state index contributed by atoms with van der Waals surface area (Å²) >= 11 is 1.95. The van der Waals surface area contributed by atoms with E-state index in [1.807, 2.05) is 30.8 Å². The van der Waals surface area contributed by atoms with E-state index in [1.54, 1.807) is 0 Å². The highest BCUT2D eigenvalue weighted by atomic mass is 32.2. The predicted molar refractivity (Wildman–Crippen MR) is 72.0 cm³/mol. The number of ether oxygens (including phenoxy) is 1. The molecule has 2 nitrogen and oxygen atoms in total. The van der Waals surface area contributed by atoms with Crippen LogP contribution in [0.15, 0.2) is 24.3 Å². The molecular weight excluding hydrogens is 218 g/mol. The van der Waals surface area contributed by atoms with Gasteiger partial charge in [0.05, 0.1) is 6.61 Å². The van der Waals surface area contributed by atoms with E-state index >= 15 is 0 Å². The van der Waals surface area contributed by atoms with Gasteiger partial charge in [-0.2, -0.15) is 11.8 Å². The minimum atomic E-state index is 0.636. The maximum absolute atomic E-state index is 5.52. The number of nitrogens with two attached hydrogens (primary N) is 1. The van der Waals surface area contributed by atoms with Crippen molar-refractivity contribution in [1.29, 1.82) is 0 Å². The third kappa shape index (κ3) is 4.90. The van der Waals surface area contributed by atoms with Crippen molar-refractivity contribution >= 4 is 11.8 Å². The normalized spacial score (nSPS) is 12.4. The Bertz CT molecular complexity index is 286. The molecule has 0 saturated heterocycles. The van der Waals surface area contributed by atoms with Crippen LogP contribution in [-0.2, 0) is 5.75 Å². The first-order valence-corrected chi connectivity index (χ1v) is 6.84. The zero-order valence-electron chi connectivity index (χ0n) is 10.1. The Kier molecular flexibility index (Phi) is 6.34. The second-order valence-corrected chi connectivity index (χ2v) is 5.20. The number of hydrogen-bond donors (Lipinski definition) is 1. The van der Waals surface area contributed by atoms with Gasteiger partial charge in [-0.05, 0) is 37.6 Å². The third-order valence-electron chi connectivity index (χ3n) is 2.34. The molecule has 0 spiro atoms. The van der Waals surface area contributed by atoms with Crippen molar-refractivity contribution in [1.82, 2.24) is 0 Å². The maximum atomic E-state index is 5.52. The van der Waals surface area contributed by atoms with Crippen LogP contribution >= 0.6 is 11.8 Å². The van der Waals surface area contributed by atoms with Gasteiger partial charge in [-0.1, -0.05) is 19.1 Å². The molecule has 0 aliphatic heterocycles. The Hall–Kier alpha value is -0.670. The van der Waals surface area contributed by atoms with Crippen molar-refractivity contribution in [2.75, 3.05) is 13.2 Å². The quantitative estimate of drug-likeness (QED) is 0.794. The molecule has 1 aromatic rings. The summed E-state index contributed by atoms with van der Waals surface area (Å²) in [4.78, 5) is 0. The molecule has 1 rings (SSSR count). The topological polar surface area (TPSA) is 35.2 Å². The van der Waals surface area contributed by atoms with Gasteiger partial charge in [0.2, 0.25) is 0 Å². The average molecular weight is 239 g/mol. The molecule has 16 heavy (non-hydrogen) atoms. The lowest BCUT2D eigenvalue weighted by molar-refractivity contribution is 0.340. The summed E-state index contributed by atoms with van der Waals surface area (Å²) in [5.41, 5.74) is 6.87. The molecule has 90 valence electrons. The SMILES string of the molecule is CCOc1ccc(CSC(C)CCN)cc1. The van der Waals surface area contributed by atoms with Gasteiger partial charge in [0, 0.05) is 11.0 Å². The molecule has 0 heterocycles. The summed E-state index contributed by atoms with van der Waals surface area (Å²) in [6.45, 7) is 5.73. The van der Waals surface area contributed by atoms with Crippen LogP contribution in [0.3, 0.4) is 0 Å². The first-order valence-electron chi connectivity index (χ1n) is 5.79. The molecule has 0 fully saturated rings. The van der Waals surface area contributed by atoms with Crippen molar-refractivity contribution < 1.29 is 4.74 Å². The second-order valence-electron chi connectivity index (χ2n) is 3.78. The summed E-state index contributed by atoms with van der Waals surface area (Å²) in [6, 6.07) is 8.33. The van der Waals surface area contributed by atoms with Gasteiger partial charge < -0.3 is 10.5 Å². The van der Waals surface area contributed by atoms with Crippen LogP contribution in [0.2, 0.25) is 0 Å². The molecule has 0 aliphatic carbocycles. The predicted octanol–water partition coefficient (Wildman–Crippen LogP) is 3.06. The van der Waals surface area contributed by atoms with E-state index in [0.717, 1.165) is 31.1 Å². The first kappa shape index (κ1) is 13.4. The Balaban J connectivity index is 2.37. The number of benzene rings is 1. The molecule has 2 N–H and O–H groups in total. The zero-order chi connectivity index (χ0) is 11.8. The van der Waals surface area contributed by atoms with E-state index in [4.69, 9.17) is 10.5 Å². The van der Waals surface area contributed by atoms with Gasteiger partial charge in [0.25, 0.3) is 0 Å². The fraction of sp³-hybridized carbons (Fsp3) is 0.538. The number of rotatable bonds is 7.